The first-order valence-corrected chi connectivity index (χ1v) is 9.04. The van der Waals surface area contributed by atoms with Gasteiger partial charge in [0, 0.05) is 12.3 Å². The molecule has 1 aliphatic rings. The number of anilines is 1. The molecule has 4 rings (SSSR count). The van der Waals surface area contributed by atoms with E-state index in [1.165, 1.54) is 17.0 Å². The molecule has 1 aromatic carbocycles. The Morgan fingerprint density at radius 3 is 2.60 bits per heavy atom. The molecule has 1 saturated heterocycles. The number of halogens is 3. The number of nitrogens with zero attached hydrogens (tertiary/aromatic N) is 3. The van der Waals surface area contributed by atoms with Gasteiger partial charge in [0.05, 0.1) is 29.5 Å². The highest BCUT2D eigenvalue weighted by Gasteiger charge is 2.30. The average molecular weight is 435 g/mol. The third-order valence-corrected chi connectivity index (χ3v) is 4.99. The van der Waals surface area contributed by atoms with Crippen LogP contribution in [0.1, 0.15) is 16.8 Å². The van der Waals surface area contributed by atoms with Crippen LogP contribution >= 0.6 is 11.6 Å². The fourth-order valence-corrected chi connectivity index (χ4v) is 3.65. The van der Waals surface area contributed by atoms with Gasteiger partial charge in [-0.25, -0.2) is 13.8 Å². The normalized spacial score (nSPS) is 16.5. The van der Waals surface area contributed by atoms with Crippen molar-refractivity contribution in [3.8, 4) is 5.69 Å². The van der Waals surface area contributed by atoms with E-state index in [4.69, 9.17) is 17.3 Å². The monoisotopic (exact) mass is 434 g/mol. The number of aliphatic hydroxyl groups is 1. The van der Waals surface area contributed by atoms with Crippen molar-refractivity contribution in [2.45, 2.75) is 12.5 Å². The van der Waals surface area contributed by atoms with Gasteiger partial charge in [-0.3, -0.25) is 23.9 Å². The van der Waals surface area contributed by atoms with Crippen molar-refractivity contribution in [1.29, 1.82) is 0 Å². The van der Waals surface area contributed by atoms with Gasteiger partial charge >= 0.3 is 0 Å². The fourth-order valence-electron chi connectivity index (χ4n) is 3.36. The summed E-state index contributed by atoms with van der Waals surface area (Å²) in [4.78, 5) is 42.0. The first-order chi connectivity index (χ1) is 14.2. The number of carbonyl (C=O) groups is 2. The van der Waals surface area contributed by atoms with Gasteiger partial charge in [-0.1, -0.05) is 11.6 Å². The highest BCUT2D eigenvalue weighted by Crippen LogP contribution is 2.29. The minimum atomic E-state index is -1.07. The molecule has 1 aliphatic heterocycles. The van der Waals surface area contributed by atoms with Crippen molar-refractivity contribution in [2.24, 2.45) is 5.73 Å². The van der Waals surface area contributed by atoms with Crippen LogP contribution in [0, 0.1) is 11.6 Å². The number of benzene rings is 1. The molecule has 154 valence electrons. The molecule has 0 spiro atoms. The van der Waals surface area contributed by atoms with Crippen LogP contribution in [0.4, 0.5) is 14.6 Å². The zero-order chi connectivity index (χ0) is 21.7. The average Bonchev–Trinajstić information content (AvgIpc) is 3.00. The molecule has 3 N–H and O–H groups in total. The van der Waals surface area contributed by atoms with E-state index in [0.29, 0.717) is 6.07 Å². The number of hydrogen-bond acceptors (Lipinski definition) is 5. The molecule has 3 heterocycles. The first kappa shape index (κ1) is 19.9. The Bertz CT molecular complexity index is 1270. The molecule has 0 radical (unpaired) electrons. The molecule has 0 saturated carbocycles. The molecule has 2 aromatic heterocycles. The Labute approximate surface area is 172 Å². The van der Waals surface area contributed by atoms with Gasteiger partial charge in [0.25, 0.3) is 5.91 Å². The van der Waals surface area contributed by atoms with E-state index in [1.807, 2.05) is 0 Å². The van der Waals surface area contributed by atoms with E-state index in [9.17, 15) is 28.3 Å². The first-order valence-electron chi connectivity index (χ1n) is 8.67. The Balaban J connectivity index is 2.06. The molecule has 3 aromatic rings. The highest BCUT2D eigenvalue weighted by molar-refractivity contribution is 6.32. The molecule has 1 unspecified atom stereocenters. The third-order valence-electron chi connectivity index (χ3n) is 4.71. The predicted molar refractivity (Wildman–Crippen MR) is 104 cm³/mol. The molecule has 8 nitrogen and oxygen atoms in total. The standard InChI is InChI=1S/C19H13ClF2N4O4/c20-12-3-8(21)4-13(22)16(12)26-7-11(18(23)30)17(29)10-1-2-14(24-19(10)26)25-6-9(27)5-15(25)28/h1-4,7,9,27H,5-6H2,(H2,23,30). The van der Waals surface area contributed by atoms with Gasteiger partial charge in [-0.15, -0.1) is 0 Å². The molecular weight excluding hydrogens is 422 g/mol. The maximum Gasteiger partial charge on any atom is 0.254 e. The highest BCUT2D eigenvalue weighted by atomic mass is 35.5. The number of aliphatic hydroxyl groups excluding tert-OH is 1. The zero-order valence-electron chi connectivity index (χ0n) is 15.1. The number of β-amino-alcohol motifs (C(OH)–C–C–N with tert-alkyl or cyclic N) is 1. The summed E-state index contributed by atoms with van der Waals surface area (Å²) in [5, 5.41) is 9.28. The van der Waals surface area contributed by atoms with Crippen molar-refractivity contribution >= 4 is 40.3 Å². The van der Waals surface area contributed by atoms with E-state index < -0.39 is 34.6 Å². The molecule has 1 atom stereocenters. The second kappa shape index (κ2) is 7.15. The van der Waals surface area contributed by atoms with Crippen LogP contribution in [0.5, 0.6) is 0 Å². The third kappa shape index (κ3) is 3.19. The number of rotatable bonds is 3. The quantitative estimate of drug-likeness (QED) is 0.647. The Morgan fingerprint density at radius 1 is 1.27 bits per heavy atom. The summed E-state index contributed by atoms with van der Waals surface area (Å²) in [6.07, 6.45) is -0.00327. The lowest BCUT2D eigenvalue weighted by molar-refractivity contribution is -0.117. The SMILES string of the molecule is NC(=O)c1cn(-c2c(F)cc(F)cc2Cl)c2nc(N3CC(O)CC3=O)ccc2c1=O. The van der Waals surface area contributed by atoms with E-state index in [-0.39, 0.29) is 46.4 Å². The number of primary amides is 1. The second-order valence-corrected chi connectivity index (χ2v) is 7.13. The molecular formula is C19H13ClF2N4O4. The maximum atomic E-state index is 14.6. The van der Waals surface area contributed by atoms with E-state index in [0.717, 1.165) is 16.8 Å². The summed E-state index contributed by atoms with van der Waals surface area (Å²) < 4.78 is 29.1. The molecule has 1 fully saturated rings. The largest absolute Gasteiger partial charge is 0.391 e. The van der Waals surface area contributed by atoms with Crippen molar-refractivity contribution in [3.63, 3.8) is 0 Å². The lowest BCUT2D eigenvalue weighted by atomic mass is 10.1. The topological polar surface area (TPSA) is 119 Å². The van der Waals surface area contributed by atoms with Crippen LogP contribution in [0.3, 0.4) is 0 Å². The van der Waals surface area contributed by atoms with E-state index in [2.05, 4.69) is 4.98 Å². The Morgan fingerprint density at radius 2 is 2.00 bits per heavy atom. The maximum absolute atomic E-state index is 14.6. The summed E-state index contributed by atoms with van der Waals surface area (Å²) in [6.45, 7) is -0.00733. The number of nitrogens with two attached hydrogens (primary N) is 1. The molecule has 30 heavy (non-hydrogen) atoms. The van der Waals surface area contributed by atoms with Crippen molar-refractivity contribution in [2.75, 3.05) is 11.4 Å². The molecule has 11 heteroatoms. The van der Waals surface area contributed by atoms with Gasteiger partial charge in [-0.05, 0) is 18.2 Å². The van der Waals surface area contributed by atoms with Gasteiger partial charge < -0.3 is 10.8 Å². The van der Waals surface area contributed by atoms with Crippen LogP contribution < -0.4 is 16.1 Å². The fraction of sp³-hybridized carbons (Fsp3) is 0.158. The van der Waals surface area contributed by atoms with Crippen LogP contribution in [0.2, 0.25) is 5.02 Å². The summed E-state index contributed by atoms with van der Waals surface area (Å²) in [7, 11) is 0. The van der Waals surface area contributed by atoms with Crippen molar-refractivity contribution < 1.29 is 23.5 Å². The Hall–Kier alpha value is -3.37. The van der Waals surface area contributed by atoms with Gasteiger partial charge in [0.2, 0.25) is 11.3 Å². The van der Waals surface area contributed by atoms with Crippen LogP contribution in [-0.2, 0) is 4.79 Å². The lowest BCUT2D eigenvalue weighted by Gasteiger charge is -2.18. The number of pyridine rings is 2. The Kier molecular flexibility index (Phi) is 4.75. The van der Waals surface area contributed by atoms with Gasteiger partial charge in [-0.2, -0.15) is 0 Å². The van der Waals surface area contributed by atoms with Crippen molar-refractivity contribution in [1.82, 2.24) is 9.55 Å². The van der Waals surface area contributed by atoms with Gasteiger partial charge in [0.1, 0.15) is 22.9 Å². The summed E-state index contributed by atoms with van der Waals surface area (Å²) in [5.74, 6) is -3.34. The van der Waals surface area contributed by atoms with Crippen LogP contribution in [0.15, 0.2) is 35.3 Å². The number of amides is 2. The number of fused-ring (bicyclic) bond motifs is 1. The zero-order valence-corrected chi connectivity index (χ0v) is 15.9. The number of hydrogen-bond donors (Lipinski definition) is 2. The number of aromatic nitrogens is 2. The van der Waals surface area contributed by atoms with Gasteiger partial charge in [0.15, 0.2) is 11.5 Å². The summed E-state index contributed by atoms with van der Waals surface area (Å²) in [5.41, 5.74) is 3.58. The minimum absolute atomic E-state index is 0.00733. The smallest absolute Gasteiger partial charge is 0.254 e. The van der Waals surface area contributed by atoms with Crippen molar-refractivity contribution in [3.05, 3.63) is 62.9 Å². The predicted octanol–water partition coefficient (Wildman–Crippen LogP) is 1.51. The summed E-state index contributed by atoms with van der Waals surface area (Å²) >= 11 is 6.03. The summed E-state index contributed by atoms with van der Waals surface area (Å²) in [6, 6.07) is 4.10. The molecule has 0 bridgehead atoms. The molecule has 0 aliphatic carbocycles. The lowest BCUT2D eigenvalue weighted by Crippen LogP contribution is -2.28. The minimum Gasteiger partial charge on any atom is -0.391 e. The van der Waals surface area contributed by atoms with E-state index in [1.54, 1.807) is 0 Å². The molecule has 2 amide bonds. The van der Waals surface area contributed by atoms with Crippen LogP contribution in [-0.4, -0.2) is 39.1 Å². The second-order valence-electron chi connectivity index (χ2n) is 6.73. The number of carbonyl (C=O) groups excluding carboxylic acids is 2. The van der Waals surface area contributed by atoms with Crippen LogP contribution in [0.25, 0.3) is 16.7 Å². The van der Waals surface area contributed by atoms with E-state index >= 15 is 0 Å².